The number of phenols is 1. The maximum atomic E-state index is 9.74. The molecule has 0 saturated heterocycles. The van der Waals surface area contributed by atoms with Crippen LogP contribution in [0.5, 0.6) is 5.75 Å². The molecule has 3 N–H and O–H groups in total. The molecule has 2 aromatic rings. The van der Waals surface area contributed by atoms with Crippen LogP contribution in [-0.2, 0) is 19.4 Å². The molecule has 0 spiro atoms. The number of aromatic amines is 1. The van der Waals surface area contributed by atoms with E-state index in [0.29, 0.717) is 11.5 Å². The zero-order chi connectivity index (χ0) is 12.5. The van der Waals surface area contributed by atoms with Crippen molar-refractivity contribution in [3.63, 3.8) is 0 Å². The van der Waals surface area contributed by atoms with E-state index < -0.39 is 0 Å². The number of aryl methyl sites for hydroxylation is 1. The second-order valence-electron chi connectivity index (χ2n) is 4.85. The minimum absolute atomic E-state index is 0.115. The van der Waals surface area contributed by atoms with Crippen molar-refractivity contribution >= 4 is 0 Å². The molecule has 4 heteroatoms. The van der Waals surface area contributed by atoms with Gasteiger partial charge in [0, 0.05) is 17.5 Å². The zero-order valence-electron chi connectivity index (χ0n) is 10.1. The largest absolute Gasteiger partial charge is 0.508 e. The second-order valence-corrected chi connectivity index (χ2v) is 4.85. The molecule has 0 fully saturated rings. The molecule has 1 heterocycles. The van der Waals surface area contributed by atoms with E-state index in [0.717, 1.165) is 25.0 Å². The Morgan fingerprint density at radius 2 is 2.28 bits per heavy atom. The number of aliphatic hydroxyl groups excluding tert-OH is 1. The van der Waals surface area contributed by atoms with Gasteiger partial charge in [0.1, 0.15) is 5.75 Å². The van der Waals surface area contributed by atoms with Crippen molar-refractivity contribution in [3.05, 3.63) is 47.0 Å². The molecule has 1 unspecified atom stereocenters. The first kappa shape index (κ1) is 11.3. The van der Waals surface area contributed by atoms with Gasteiger partial charge in [-0.1, -0.05) is 0 Å². The first-order valence-electron chi connectivity index (χ1n) is 6.20. The summed E-state index contributed by atoms with van der Waals surface area (Å²) in [6, 6.07) is 3.74. The third kappa shape index (κ3) is 1.88. The lowest BCUT2D eigenvalue weighted by molar-refractivity contribution is 0.275. The molecule has 0 amide bonds. The molecule has 1 atom stereocenters. The van der Waals surface area contributed by atoms with Crippen molar-refractivity contribution in [2.75, 3.05) is 0 Å². The van der Waals surface area contributed by atoms with Gasteiger partial charge in [-0.25, -0.2) is 4.98 Å². The van der Waals surface area contributed by atoms with E-state index in [2.05, 4.69) is 9.97 Å². The van der Waals surface area contributed by atoms with Crippen LogP contribution in [0.15, 0.2) is 24.7 Å². The number of aromatic hydroxyl groups is 1. The van der Waals surface area contributed by atoms with Gasteiger partial charge in [-0.15, -0.1) is 0 Å². The lowest BCUT2D eigenvalue weighted by Crippen LogP contribution is -2.00. The fraction of sp³-hybridized carbons (Fsp3) is 0.357. The van der Waals surface area contributed by atoms with Crippen molar-refractivity contribution in [2.45, 2.75) is 31.8 Å². The number of benzene rings is 1. The van der Waals surface area contributed by atoms with Gasteiger partial charge >= 0.3 is 0 Å². The van der Waals surface area contributed by atoms with E-state index in [1.54, 1.807) is 12.4 Å². The Labute approximate surface area is 105 Å². The minimum Gasteiger partial charge on any atom is -0.508 e. The van der Waals surface area contributed by atoms with Gasteiger partial charge in [-0.05, 0) is 48.4 Å². The van der Waals surface area contributed by atoms with Crippen molar-refractivity contribution < 1.29 is 10.2 Å². The summed E-state index contributed by atoms with van der Waals surface area (Å²) in [7, 11) is 0. The van der Waals surface area contributed by atoms with Crippen LogP contribution < -0.4 is 0 Å². The summed E-state index contributed by atoms with van der Waals surface area (Å²) in [5.74, 6) is 0.657. The molecule has 4 nitrogen and oxygen atoms in total. The number of hydrogen-bond acceptors (Lipinski definition) is 3. The fourth-order valence-corrected chi connectivity index (χ4v) is 2.78. The van der Waals surface area contributed by atoms with Crippen molar-refractivity contribution in [2.24, 2.45) is 0 Å². The Balaban J connectivity index is 1.91. The predicted molar refractivity (Wildman–Crippen MR) is 67.4 cm³/mol. The Morgan fingerprint density at radius 3 is 3.00 bits per heavy atom. The predicted octanol–water partition coefficient (Wildman–Crippen LogP) is 1.88. The number of nitrogens with zero attached hydrogens (tertiary/aromatic N) is 1. The topological polar surface area (TPSA) is 69.1 Å². The van der Waals surface area contributed by atoms with E-state index in [-0.39, 0.29) is 12.4 Å². The first-order valence-corrected chi connectivity index (χ1v) is 6.20. The summed E-state index contributed by atoms with van der Waals surface area (Å²) < 4.78 is 0. The zero-order valence-corrected chi connectivity index (χ0v) is 10.1. The summed E-state index contributed by atoms with van der Waals surface area (Å²) in [4.78, 5) is 7.16. The third-order valence-electron chi connectivity index (χ3n) is 3.73. The lowest BCUT2D eigenvalue weighted by atomic mass is 9.95. The molecule has 1 aliphatic rings. The Hall–Kier alpha value is -1.81. The van der Waals surface area contributed by atoms with Crippen LogP contribution in [0.25, 0.3) is 0 Å². The van der Waals surface area contributed by atoms with Gasteiger partial charge in [-0.3, -0.25) is 0 Å². The molecule has 18 heavy (non-hydrogen) atoms. The van der Waals surface area contributed by atoms with Crippen molar-refractivity contribution in [1.29, 1.82) is 0 Å². The molecule has 0 aliphatic heterocycles. The summed E-state index contributed by atoms with van der Waals surface area (Å²) in [6.45, 7) is -0.115. The monoisotopic (exact) mass is 244 g/mol. The van der Waals surface area contributed by atoms with Crippen molar-refractivity contribution in [3.8, 4) is 5.75 Å². The van der Waals surface area contributed by atoms with E-state index in [1.807, 2.05) is 12.3 Å². The van der Waals surface area contributed by atoms with Crippen LogP contribution in [0.4, 0.5) is 0 Å². The number of fused-ring (bicyclic) bond motifs is 1. The quantitative estimate of drug-likeness (QED) is 0.772. The number of aromatic nitrogens is 2. The molecule has 3 rings (SSSR count). The Kier molecular flexibility index (Phi) is 2.80. The van der Waals surface area contributed by atoms with Gasteiger partial charge in [0.25, 0.3) is 0 Å². The van der Waals surface area contributed by atoms with Crippen LogP contribution in [0.1, 0.15) is 34.7 Å². The highest BCUT2D eigenvalue weighted by molar-refractivity contribution is 5.46. The number of nitrogens with one attached hydrogen (secondary N) is 1. The third-order valence-corrected chi connectivity index (χ3v) is 3.73. The molecule has 0 saturated carbocycles. The summed E-state index contributed by atoms with van der Waals surface area (Å²) >= 11 is 0. The second kappa shape index (κ2) is 4.46. The number of H-pyrrole nitrogens is 1. The summed E-state index contributed by atoms with van der Waals surface area (Å²) in [5, 5.41) is 19.0. The minimum atomic E-state index is -0.115. The number of rotatable bonds is 3. The van der Waals surface area contributed by atoms with Crippen LogP contribution in [-0.4, -0.2) is 20.2 Å². The molecule has 0 bridgehead atoms. The highest BCUT2D eigenvalue weighted by Gasteiger charge is 2.24. The van der Waals surface area contributed by atoms with Crippen LogP contribution in [0.2, 0.25) is 0 Å². The average Bonchev–Trinajstić information content (AvgIpc) is 2.99. The molecular formula is C14H16N2O2. The van der Waals surface area contributed by atoms with Gasteiger partial charge in [-0.2, -0.15) is 0 Å². The van der Waals surface area contributed by atoms with Gasteiger partial charge in [0.2, 0.25) is 0 Å². The maximum absolute atomic E-state index is 9.74. The molecular weight excluding hydrogens is 228 g/mol. The molecule has 1 aromatic heterocycles. The normalized spacial score (nSPS) is 17.9. The Bertz CT molecular complexity index is 549. The van der Waals surface area contributed by atoms with Gasteiger partial charge in [0.15, 0.2) is 0 Å². The number of imidazole rings is 1. The van der Waals surface area contributed by atoms with Gasteiger partial charge < -0.3 is 15.2 Å². The first-order chi connectivity index (χ1) is 8.78. The highest BCUT2D eigenvalue weighted by Crippen LogP contribution is 2.38. The SMILES string of the molecule is OCc1cc2c(cc1O)CCC2Cc1cnc[nH]1. The van der Waals surface area contributed by atoms with Crippen LogP contribution in [0, 0.1) is 0 Å². The lowest BCUT2D eigenvalue weighted by Gasteiger charge is -2.12. The summed E-state index contributed by atoms with van der Waals surface area (Å²) in [5.41, 5.74) is 4.21. The average molecular weight is 244 g/mol. The van der Waals surface area contributed by atoms with Crippen LogP contribution >= 0.6 is 0 Å². The van der Waals surface area contributed by atoms with E-state index in [1.165, 1.54) is 11.1 Å². The van der Waals surface area contributed by atoms with Gasteiger partial charge in [0.05, 0.1) is 12.9 Å². The molecule has 0 radical (unpaired) electrons. The standard InChI is InChI=1S/C14H16N2O2/c17-7-11-4-13-9(3-12-6-15-8-16-12)1-2-10(13)5-14(11)18/h4-6,8-9,17-18H,1-3,7H2,(H,15,16). The smallest absolute Gasteiger partial charge is 0.121 e. The van der Waals surface area contributed by atoms with E-state index in [9.17, 15) is 10.2 Å². The van der Waals surface area contributed by atoms with E-state index in [4.69, 9.17) is 0 Å². The summed E-state index contributed by atoms with van der Waals surface area (Å²) in [6.07, 6.45) is 6.56. The van der Waals surface area contributed by atoms with Crippen LogP contribution in [0.3, 0.4) is 0 Å². The maximum Gasteiger partial charge on any atom is 0.121 e. The number of hydrogen-bond donors (Lipinski definition) is 3. The molecule has 1 aliphatic carbocycles. The Morgan fingerprint density at radius 1 is 1.39 bits per heavy atom. The molecule has 1 aromatic carbocycles. The van der Waals surface area contributed by atoms with Crippen molar-refractivity contribution in [1.82, 2.24) is 9.97 Å². The van der Waals surface area contributed by atoms with E-state index >= 15 is 0 Å². The number of aliphatic hydroxyl groups is 1. The highest BCUT2D eigenvalue weighted by atomic mass is 16.3. The molecule has 94 valence electrons. The fourth-order valence-electron chi connectivity index (χ4n) is 2.78.